The molecule has 1 aliphatic rings. The van der Waals surface area contributed by atoms with E-state index in [1.807, 2.05) is 23.6 Å². The van der Waals surface area contributed by atoms with Crippen LogP contribution in [0.4, 0.5) is 8.78 Å². The lowest BCUT2D eigenvalue weighted by Crippen LogP contribution is -2.41. The van der Waals surface area contributed by atoms with Crippen molar-refractivity contribution in [3.63, 3.8) is 0 Å². The molecular weight excluding hydrogens is 434 g/mol. The standard InChI is InChI=1S/C24H22F2N2O3S/c25-18-7-8-21(20(26)14-18)31-19-9-11-28(12-10-19)24(30)17-5-3-16(4-6-17)15-27-23(29)22-2-1-13-32-22/h1-8,13-14,19H,9-12,15H2,(H,27,29). The van der Waals surface area contributed by atoms with Crippen molar-refractivity contribution >= 4 is 23.2 Å². The first-order chi connectivity index (χ1) is 15.5. The minimum absolute atomic E-state index is 0.0259. The summed E-state index contributed by atoms with van der Waals surface area (Å²) in [6, 6.07) is 14.0. The quantitative estimate of drug-likeness (QED) is 0.588. The first kappa shape index (κ1) is 22.0. The average molecular weight is 457 g/mol. The molecule has 0 radical (unpaired) electrons. The highest BCUT2D eigenvalue weighted by molar-refractivity contribution is 7.12. The zero-order chi connectivity index (χ0) is 22.5. The zero-order valence-corrected chi connectivity index (χ0v) is 18.0. The number of amides is 2. The first-order valence-corrected chi connectivity index (χ1v) is 11.2. The molecular formula is C24H22F2N2O3S. The highest BCUT2D eigenvalue weighted by atomic mass is 32.1. The smallest absolute Gasteiger partial charge is 0.261 e. The molecule has 0 spiro atoms. The third-order valence-electron chi connectivity index (χ3n) is 5.32. The number of nitrogens with one attached hydrogen (secondary N) is 1. The molecule has 1 N–H and O–H groups in total. The van der Waals surface area contributed by atoms with Crippen molar-refractivity contribution in [2.24, 2.45) is 0 Å². The Morgan fingerprint density at radius 2 is 1.81 bits per heavy atom. The summed E-state index contributed by atoms with van der Waals surface area (Å²) in [5, 5.41) is 4.71. The molecule has 8 heteroatoms. The fourth-order valence-corrected chi connectivity index (χ4v) is 4.19. The second-order valence-corrected chi connectivity index (χ2v) is 8.49. The molecule has 166 valence electrons. The summed E-state index contributed by atoms with van der Waals surface area (Å²) in [6.45, 7) is 1.36. The topological polar surface area (TPSA) is 58.6 Å². The Balaban J connectivity index is 1.27. The average Bonchev–Trinajstić information content (AvgIpc) is 3.35. The van der Waals surface area contributed by atoms with E-state index in [0.717, 1.165) is 17.7 Å². The number of thiophene rings is 1. The van der Waals surface area contributed by atoms with E-state index in [1.165, 1.54) is 17.4 Å². The van der Waals surface area contributed by atoms with Gasteiger partial charge in [-0.15, -0.1) is 11.3 Å². The number of piperidine rings is 1. The van der Waals surface area contributed by atoms with E-state index in [2.05, 4.69) is 5.32 Å². The normalized spacial score (nSPS) is 14.2. The fourth-order valence-electron chi connectivity index (χ4n) is 3.55. The van der Waals surface area contributed by atoms with Crippen LogP contribution < -0.4 is 10.1 Å². The van der Waals surface area contributed by atoms with E-state index in [1.54, 1.807) is 23.1 Å². The largest absolute Gasteiger partial charge is 0.487 e. The number of hydrogen-bond acceptors (Lipinski definition) is 4. The first-order valence-electron chi connectivity index (χ1n) is 10.3. The number of carbonyl (C=O) groups excluding carboxylic acids is 2. The van der Waals surface area contributed by atoms with Gasteiger partial charge in [0, 0.05) is 44.1 Å². The molecule has 3 aromatic rings. The molecule has 1 aliphatic heterocycles. The second kappa shape index (κ2) is 9.91. The molecule has 2 amide bonds. The number of ether oxygens (including phenoxy) is 1. The maximum Gasteiger partial charge on any atom is 0.261 e. The highest BCUT2D eigenvalue weighted by Gasteiger charge is 2.25. The monoisotopic (exact) mass is 456 g/mol. The fraction of sp³-hybridized carbons (Fsp3) is 0.250. The van der Waals surface area contributed by atoms with Crippen molar-refractivity contribution in [1.82, 2.24) is 10.2 Å². The highest BCUT2D eigenvalue weighted by Crippen LogP contribution is 2.23. The van der Waals surface area contributed by atoms with Gasteiger partial charge in [-0.3, -0.25) is 9.59 Å². The number of nitrogens with zero attached hydrogens (tertiary/aromatic N) is 1. The number of hydrogen-bond donors (Lipinski definition) is 1. The number of benzene rings is 2. The van der Waals surface area contributed by atoms with Crippen molar-refractivity contribution < 1.29 is 23.1 Å². The van der Waals surface area contributed by atoms with Crippen LogP contribution in [-0.2, 0) is 6.54 Å². The van der Waals surface area contributed by atoms with Gasteiger partial charge in [-0.05, 0) is 41.3 Å². The van der Waals surface area contributed by atoms with Crippen LogP contribution in [0.2, 0.25) is 0 Å². The van der Waals surface area contributed by atoms with E-state index in [4.69, 9.17) is 4.74 Å². The van der Waals surface area contributed by atoms with Gasteiger partial charge in [0.15, 0.2) is 11.6 Å². The van der Waals surface area contributed by atoms with Crippen molar-refractivity contribution in [1.29, 1.82) is 0 Å². The second-order valence-electron chi connectivity index (χ2n) is 7.54. The van der Waals surface area contributed by atoms with Gasteiger partial charge in [0.2, 0.25) is 0 Å². The third-order valence-corrected chi connectivity index (χ3v) is 6.18. The SMILES string of the molecule is O=C(NCc1ccc(C(=O)N2CCC(Oc3ccc(F)cc3F)CC2)cc1)c1cccs1. The third kappa shape index (κ3) is 5.31. The Bertz CT molecular complexity index is 1080. The van der Waals surface area contributed by atoms with Crippen LogP contribution in [0.15, 0.2) is 60.0 Å². The van der Waals surface area contributed by atoms with Gasteiger partial charge in [-0.1, -0.05) is 18.2 Å². The summed E-state index contributed by atoms with van der Waals surface area (Å²) in [5.41, 5.74) is 1.47. The summed E-state index contributed by atoms with van der Waals surface area (Å²) in [4.78, 5) is 27.2. The summed E-state index contributed by atoms with van der Waals surface area (Å²) in [6.07, 6.45) is 0.901. The molecule has 2 heterocycles. The minimum Gasteiger partial charge on any atom is -0.487 e. The van der Waals surface area contributed by atoms with E-state index >= 15 is 0 Å². The summed E-state index contributed by atoms with van der Waals surface area (Å²) in [7, 11) is 0. The number of halogens is 2. The van der Waals surface area contributed by atoms with Gasteiger partial charge in [0.1, 0.15) is 11.9 Å². The van der Waals surface area contributed by atoms with Crippen LogP contribution in [-0.4, -0.2) is 35.9 Å². The van der Waals surface area contributed by atoms with Crippen LogP contribution in [0.1, 0.15) is 38.4 Å². The Morgan fingerprint density at radius 1 is 1.06 bits per heavy atom. The Hall–Kier alpha value is -3.26. The Morgan fingerprint density at radius 3 is 2.47 bits per heavy atom. The Kier molecular flexibility index (Phi) is 6.80. The van der Waals surface area contributed by atoms with Gasteiger partial charge >= 0.3 is 0 Å². The van der Waals surface area contributed by atoms with Crippen molar-refractivity contribution in [2.45, 2.75) is 25.5 Å². The number of carbonyl (C=O) groups is 2. The van der Waals surface area contributed by atoms with Gasteiger partial charge < -0.3 is 15.0 Å². The van der Waals surface area contributed by atoms with Crippen molar-refractivity contribution in [3.05, 3.63) is 87.6 Å². The molecule has 1 saturated heterocycles. The minimum atomic E-state index is -0.727. The van der Waals surface area contributed by atoms with Crippen LogP contribution in [0.25, 0.3) is 0 Å². The molecule has 0 atom stereocenters. The number of rotatable bonds is 6. The van der Waals surface area contributed by atoms with Crippen LogP contribution in [0.5, 0.6) is 5.75 Å². The van der Waals surface area contributed by atoms with Gasteiger partial charge in [-0.25, -0.2) is 8.78 Å². The lowest BCUT2D eigenvalue weighted by molar-refractivity contribution is 0.0588. The van der Waals surface area contributed by atoms with Crippen molar-refractivity contribution in [2.75, 3.05) is 13.1 Å². The molecule has 32 heavy (non-hydrogen) atoms. The van der Waals surface area contributed by atoms with Crippen LogP contribution >= 0.6 is 11.3 Å². The zero-order valence-electron chi connectivity index (χ0n) is 17.2. The van der Waals surface area contributed by atoms with E-state index < -0.39 is 11.6 Å². The summed E-state index contributed by atoms with van der Waals surface area (Å²) < 4.78 is 32.5. The molecule has 0 saturated carbocycles. The molecule has 1 fully saturated rings. The van der Waals surface area contributed by atoms with Crippen molar-refractivity contribution in [3.8, 4) is 5.75 Å². The maximum absolute atomic E-state index is 13.8. The molecule has 1 aromatic heterocycles. The Labute approximate surface area is 188 Å². The molecule has 4 rings (SSSR count). The number of likely N-dealkylation sites (tertiary alicyclic amines) is 1. The van der Waals surface area contributed by atoms with Crippen LogP contribution in [0, 0.1) is 11.6 Å². The molecule has 2 aromatic carbocycles. The molecule has 5 nitrogen and oxygen atoms in total. The maximum atomic E-state index is 13.8. The van der Waals surface area contributed by atoms with Gasteiger partial charge in [-0.2, -0.15) is 0 Å². The van der Waals surface area contributed by atoms with E-state index in [-0.39, 0.29) is 23.7 Å². The lowest BCUT2D eigenvalue weighted by atomic mass is 10.1. The van der Waals surface area contributed by atoms with Crippen LogP contribution in [0.3, 0.4) is 0 Å². The molecule has 0 unspecified atom stereocenters. The van der Waals surface area contributed by atoms with E-state index in [9.17, 15) is 18.4 Å². The summed E-state index contributed by atoms with van der Waals surface area (Å²) >= 11 is 1.39. The van der Waals surface area contributed by atoms with Gasteiger partial charge in [0.05, 0.1) is 4.88 Å². The summed E-state index contributed by atoms with van der Waals surface area (Å²) in [5.74, 6) is -1.55. The van der Waals surface area contributed by atoms with E-state index in [0.29, 0.717) is 42.9 Å². The predicted molar refractivity (Wildman–Crippen MR) is 118 cm³/mol. The predicted octanol–water partition coefficient (Wildman–Crippen LogP) is 4.64. The van der Waals surface area contributed by atoms with Gasteiger partial charge in [0.25, 0.3) is 11.8 Å². The lowest BCUT2D eigenvalue weighted by Gasteiger charge is -2.32. The molecule has 0 bridgehead atoms. The molecule has 0 aliphatic carbocycles.